The number of rotatable bonds is 15. The van der Waals surface area contributed by atoms with E-state index in [9.17, 15) is 19.2 Å². The molecule has 3 amide bonds. The fourth-order valence-electron chi connectivity index (χ4n) is 5.42. The minimum absolute atomic E-state index is 0.0909. The second-order valence-electron chi connectivity index (χ2n) is 14.3. The first-order valence-electron chi connectivity index (χ1n) is 17.4. The number of ether oxygens (including phenoxy) is 3. The van der Waals surface area contributed by atoms with Gasteiger partial charge in [0.1, 0.15) is 29.9 Å². The van der Waals surface area contributed by atoms with Crippen LogP contribution in [0.4, 0.5) is 9.59 Å². The molecule has 13 heteroatoms. The van der Waals surface area contributed by atoms with E-state index >= 15 is 0 Å². The Morgan fingerprint density at radius 3 is 1.78 bits per heavy atom. The number of unbranched alkanes of at least 4 members (excludes halogenated alkanes) is 2. The molecule has 2 atom stereocenters. The first-order chi connectivity index (χ1) is 23.9. The van der Waals surface area contributed by atoms with Gasteiger partial charge in [0.2, 0.25) is 5.91 Å². The lowest BCUT2D eigenvalue weighted by Crippen LogP contribution is -2.52. The number of esters is 1. The van der Waals surface area contributed by atoms with Crippen LogP contribution in [-0.2, 0) is 28.6 Å². The van der Waals surface area contributed by atoms with Gasteiger partial charge in [-0.05, 0) is 109 Å². The van der Waals surface area contributed by atoms with Crippen molar-refractivity contribution in [2.45, 2.75) is 116 Å². The SMILES string of the molecule is CC(=O)O.CC(C)(C)OC(=O)NCCCC[C@H](NC(=O)OCC1c2ccccc2-c2ccccc21)C(=O)N[C@@H](CCCCN)C(=O)OC(C)(C)C. The quantitative estimate of drug-likeness (QED) is 0.0877. The molecule has 51 heavy (non-hydrogen) atoms. The topological polar surface area (TPSA) is 195 Å². The third kappa shape index (κ3) is 15.8. The molecule has 13 nitrogen and oxygen atoms in total. The molecule has 1 aliphatic carbocycles. The lowest BCUT2D eigenvalue weighted by molar-refractivity contribution is -0.159. The fraction of sp³-hybridized carbons (Fsp3) is 0.553. The van der Waals surface area contributed by atoms with Crippen LogP contribution in [0.15, 0.2) is 48.5 Å². The van der Waals surface area contributed by atoms with Crippen LogP contribution in [0.5, 0.6) is 0 Å². The Labute approximate surface area is 301 Å². The molecule has 0 fully saturated rings. The van der Waals surface area contributed by atoms with Gasteiger partial charge in [0.25, 0.3) is 5.97 Å². The average Bonchev–Trinajstić information content (AvgIpc) is 3.34. The van der Waals surface area contributed by atoms with Crippen molar-refractivity contribution in [2.75, 3.05) is 19.7 Å². The highest BCUT2D eigenvalue weighted by Crippen LogP contribution is 2.44. The zero-order valence-corrected chi connectivity index (χ0v) is 31.0. The number of hydrogen-bond acceptors (Lipinski definition) is 9. The molecule has 6 N–H and O–H groups in total. The third-order valence-electron chi connectivity index (χ3n) is 7.49. The molecule has 0 saturated heterocycles. The number of nitrogens with two attached hydrogens (primary N) is 1. The molecule has 0 aromatic heterocycles. The first-order valence-corrected chi connectivity index (χ1v) is 17.4. The highest BCUT2D eigenvalue weighted by atomic mass is 16.6. The molecule has 2 aromatic rings. The van der Waals surface area contributed by atoms with Crippen molar-refractivity contribution in [1.82, 2.24) is 16.0 Å². The van der Waals surface area contributed by atoms with Crippen LogP contribution in [0.3, 0.4) is 0 Å². The molecular weight excluding hydrogens is 656 g/mol. The monoisotopic (exact) mass is 712 g/mol. The molecule has 0 spiro atoms. The summed E-state index contributed by atoms with van der Waals surface area (Å²) in [5.74, 6) is -2.05. The largest absolute Gasteiger partial charge is 0.481 e. The van der Waals surface area contributed by atoms with Crippen LogP contribution >= 0.6 is 0 Å². The number of benzene rings is 2. The van der Waals surface area contributed by atoms with E-state index in [1.54, 1.807) is 41.5 Å². The van der Waals surface area contributed by atoms with Gasteiger partial charge < -0.3 is 41.0 Å². The molecule has 0 saturated carbocycles. The van der Waals surface area contributed by atoms with Gasteiger partial charge in [-0.2, -0.15) is 0 Å². The fourth-order valence-corrected chi connectivity index (χ4v) is 5.42. The summed E-state index contributed by atoms with van der Waals surface area (Å²) in [7, 11) is 0. The van der Waals surface area contributed by atoms with Crippen molar-refractivity contribution < 1.29 is 43.3 Å². The molecular formula is C38H56N4O9. The molecule has 2 aromatic carbocycles. The Morgan fingerprint density at radius 2 is 1.25 bits per heavy atom. The lowest BCUT2D eigenvalue weighted by atomic mass is 9.98. The van der Waals surface area contributed by atoms with Crippen molar-refractivity contribution >= 4 is 30.0 Å². The third-order valence-corrected chi connectivity index (χ3v) is 7.49. The number of fused-ring (bicyclic) bond motifs is 3. The van der Waals surface area contributed by atoms with Crippen LogP contribution in [0, 0.1) is 0 Å². The number of hydrogen-bond donors (Lipinski definition) is 5. The number of amides is 3. The molecule has 0 heterocycles. The smallest absolute Gasteiger partial charge is 0.407 e. The van der Waals surface area contributed by atoms with E-state index in [0.717, 1.165) is 29.2 Å². The Balaban J connectivity index is 0.00000213. The van der Waals surface area contributed by atoms with E-state index in [1.807, 2.05) is 36.4 Å². The molecule has 3 rings (SSSR count). The van der Waals surface area contributed by atoms with Crippen LogP contribution in [-0.4, -0.2) is 78.1 Å². The number of carboxylic acids is 1. The first kappa shape index (κ1) is 42.5. The zero-order valence-electron chi connectivity index (χ0n) is 31.0. The maximum Gasteiger partial charge on any atom is 0.407 e. The second-order valence-corrected chi connectivity index (χ2v) is 14.3. The van der Waals surface area contributed by atoms with Gasteiger partial charge in [0, 0.05) is 19.4 Å². The van der Waals surface area contributed by atoms with E-state index in [4.69, 9.17) is 29.8 Å². The second kappa shape index (κ2) is 20.3. The Hall–Kier alpha value is -4.65. The number of nitrogens with one attached hydrogen (secondary N) is 3. The summed E-state index contributed by atoms with van der Waals surface area (Å²) >= 11 is 0. The van der Waals surface area contributed by atoms with Crippen LogP contribution in [0.25, 0.3) is 11.1 Å². The number of alkyl carbamates (subject to hydrolysis) is 2. The maximum absolute atomic E-state index is 13.6. The molecule has 282 valence electrons. The molecule has 1 aliphatic rings. The Bertz CT molecular complexity index is 1420. The summed E-state index contributed by atoms with van der Waals surface area (Å²) in [6, 6.07) is 14.2. The van der Waals surface area contributed by atoms with Crippen molar-refractivity contribution in [2.24, 2.45) is 5.73 Å². The molecule has 0 aliphatic heterocycles. The molecule has 0 radical (unpaired) electrons. The minimum atomic E-state index is -0.994. The van der Waals surface area contributed by atoms with Crippen molar-refractivity contribution in [3.05, 3.63) is 59.7 Å². The highest BCUT2D eigenvalue weighted by Gasteiger charge is 2.32. The number of carboxylic acid groups (broad SMARTS) is 1. The van der Waals surface area contributed by atoms with E-state index in [2.05, 4.69) is 28.1 Å². The van der Waals surface area contributed by atoms with Gasteiger partial charge in [-0.3, -0.25) is 9.59 Å². The van der Waals surface area contributed by atoms with Crippen LogP contribution in [0.2, 0.25) is 0 Å². The van der Waals surface area contributed by atoms with Gasteiger partial charge in [0.05, 0.1) is 0 Å². The summed E-state index contributed by atoms with van der Waals surface area (Å²) in [4.78, 5) is 60.8. The van der Waals surface area contributed by atoms with Crippen molar-refractivity contribution in [1.29, 1.82) is 0 Å². The van der Waals surface area contributed by atoms with E-state index in [0.29, 0.717) is 45.2 Å². The number of carbonyl (C=O) groups is 5. The van der Waals surface area contributed by atoms with E-state index in [-0.39, 0.29) is 18.9 Å². The Morgan fingerprint density at radius 1 is 0.745 bits per heavy atom. The van der Waals surface area contributed by atoms with Crippen molar-refractivity contribution in [3.8, 4) is 11.1 Å². The van der Waals surface area contributed by atoms with Crippen LogP contribution in [0.1, 0.15) is 104 Å². The average molecular weight is 713 g/mol. The van der Waals surface area contributed by atoms with Gasteiger partial charge in [-0.1, -0.05) is 48.5 Å². The summed E-state index contributed by atoms with van der Waals surface area (Å²) in [5.41, 5.74) is 8.66. The van der Waals surface area contributed by atoms with Crippen LogP contribution < -0.4 is 21.7 Å². The predicted octanol–water partition coefficient (Wildman–Crippen LogP) is 5.64. The summed E-state index contributed by atoms with van der Waals surface area (Å²) in [6.45, 7) is 12.6. The van der Waals surface area contributed by atoms with Crippen molar-refractivity contribution in [3.63, 3.8) is 0 Å². The normalized spacial score (nSPS) is 13.3. The maximum atomic E-state index is 13.6. The van der Waals surface area contributed by atoms with E-state index in [1.165, 1.54) is 0 Å². The number of aliphatic carboxylic acids is 1. The predicted molar refractivity (Wildman–Crippen MR) is 194 cm³/mol. The standard InChI is InChI=1S/C36H52N4O7.C2H4O2/c1-35(2,3)46-32(42)30(20-11-13-21-37)39-31(41)29(19-12-14-22-38-33(43)47-36(4,5)6)40-34(44)45-23-28-26-17-9-7-15-24(26)25-16-8-10-18-27(25)28;1-2(3)4/h7-10,15-18,28-30H,11-14,19-23,37H2,1-6H3,(H,38,43)(H,39,41)(H,40,44);1H3,(H,3,4)/t29-,30-;/m0./s1. The highest BCUT2D eigenvalue weighted by molar-refractivity contribution is 5.89. The lowest BCUT2D eigenvalue weighted by Gasteiger charge is -2.26. The zero-order chi connectivity index (χ0) is 38.2. The van der Waals surface area contributed by atoms with Gasteiger partial charge >= 0.3 is 18.2 Å². The van der Waals surface area contributed by atoms with Gasteiger partial charge in [-0.25, -0.2) is 14.4 Å². The number of carbonyl (C=O) groups excluding carboxylic acids is 4. The van der Waals surface area contributed by atoms with Gasteiger partial charge in [0.15, 0.2) is 0 Å². The molecule has 0 unspecified atom stereocenters. The minimum Gasteiger partial charge on any atom is -0.481 e. The van der Waals surface area contributed by atoms with Gasteiger partial charge in [-0.15, -0.1) is 0 Å². The Kier molecular flexibility index (Phi) is 16.9. The summed E-state index contributed by atoms with van der Waals surface area (Å²) < 4.78 is 16.6. The molecule has 0 bridgehead atoms. The van der Waals surface area contributed by atoms with E-state index < -0.39 is 53.3 Å². The summed E-state index contributed by atoms with van der Waals surface area (Å²) in [5, 5.41) is 15.6. The summed E-state index contributed by atoms with van der Waals surface area (Å²) in [6.07, 6.45) is 1.63.